The molecule has 1 aliphatic rings. The van der Waals surface area contributed by atoms with Gasteiger partial charge in [0, 0.05) is 18.5 Å². The summed E-state index contributed by atoms with van der Waals surface area (Å²) in [6.07, 6.45) is 0.863. The van der Waals surface area contributed by atoms with E-state index in [4.69, 9.17) is 9.47 Å². The molecule has 1 aromatic rings. The molecule has 0 spiro atoms. The molecule has 1 unspecified atom stereocenters. The predicted octanol–water partition coefficient (Wildman–Crippen LogP) is 3.90. The minimum absolute atomic E-state index is 0.195. The number of anilines is 1. The van der Waals surface area contributed by atoms with Crippen LogP contribution in [0, 0.1) is 17.3 Å². The molecule has 30 heavy (non-hydrogen) atoms. The topological polar surface area (TPSA) is 76.2 Å². The fourth-order valence-corrected chi connectivity index (χ4v) is 3.85. The zero-order chi connectivity index (χ0) is 22.7. The van der Waals surface area contributed by atoms with E-state index < -0.39 is 17.7 Å². The van der Waals surface area contributed by atoms with Gasteiger partial charge in [0.2, 0.25) is 6.41 Å². The van der Waals surface area contributed by atoms with Crippen LogP contribution in [-0.4, -0.2) is 55.2 Å². The predicted molar refractivity (Wildman–Crippen MR) is 117 cm³/mol. The number of carbonyl (C=O) groups excluding carboxylic acids is 3. The van der Waals surface area contributed by atoms with Crippen LogP contribution < -0.4 is 4.90 Å². The summed E-state index contributed by atoms with van der Waals surface area (Å²) in [6, 6.07) is 1.47. The molecule has 7 nitrogen and oxygen atoms in total. The Bertz CT molecular complexity index is 867. The average molecular weight is 435 g/mol. The van der Waals surface area contributed by atoms with E-state index in [1.54, 1.807) is 11.0 Å². The summed E-state index contributed by atoms with van der Waals surface area (Å²) in [4.78, 5) is 40.8. The van der Waals surface area contributed by atoms with E-state index in [1.807, 2.05) is 41.5 Å². The summed E-state index contributed by atoms with van der Waals surface area (Å²) in [5, 5.41) is 0. The van der Waals surface area contributed by atoms with Gasteiger partial charge < -0.3 is 19.3 Å². The van der Waals surface area contributed by atoms with Crippen LogP contribution in [0.15, 0.2) is 6.07 Å². The van der Waals surface area contributed by atoms with Crippen LogP contribution in [0.5, 0.6) is 0 Å². The highest BCUT2D eigenvalue weighted by atomic mass is 32.1. The van der Waals surface area contributed by atoms with Gasteiger partial charge in [-0.15, -0.1) is 11.3 Å². The van der Waals surface area contributed by atoms with Crippen LogP contribution in [0.3, 0.4) is 0 Å². The molecule has 2 heterocycles. The van der Waals surface area contributed by atoms with Crippen molar-refractivity contribution in [2.24, 2.45) is 5.41 Å². The highest BCUT2D eigenvalue weighted by Crippen LogP contribution is 2.33. The van der Waals surface area contributed by atoms with Crippen molar-refractivity contribution in [1.82, 2.24) is 4.90 Å². The van der Waals surface area contributed by atoms with E-state index in [-0.39, 0.29) is 11.5 Å². The van der Waals surface area contributed by atoms with Crippen molar-refractivity contribution in [2.45, 2.75) is 59.6 Å². The molecule has 2 rings (SSSR count). The lowest BCUT2D eigenvalue weighted by Crippen LogP contribution is -2.40. The third-order valence-electron chi connectivity index (χ3n) is 4.24. The van der Waals surface area contributed by atoms with Crippen molar-refractivity contribution in [2.75, 3.05) is 25.1 Å². The molecule has 1 aliphatic heterocycles. The van der Waals surface area contributed by atoms with Crippen molar-refractivity contribution < 1.29 is 23.9 Å². The van der Waals surface area contributed by atoms with Crippen LogP contribution in [0.4, 0.5) is 10.5 Å². The highest BCUT2D eigenvalue weighted by molar-refractivity contribution is 7.15. The first-order chi connectivity index (χ1) is 13.8. The van der Waals surface area contributed by atoms with Crippen molar-refractivity contribution in [3.05, 3.63) is 15.8 Å². The smallest absolute Gasteiger partial charge is 0.410 e. The molecule has 164 valence electrons. The van der Waals surface area contributed by atoms with Gasteiger partial charge in [0.25, 0.3) is 0 Å². The molecule has 0 radical (unpaired) electrons. The molecule has 0 aliphatic carbocycles. The number of amides is 2. The summed E-state index contributed by atoms with van der Waals surface area (Å²) in [7, 11) is 1.30. The second kappa shape index (κ2) is 9.09. The summed E-state index contributed by atoms with van der Waals surface area (Å²) < 4.78 is 10.3. The fraction of sp³-hybridized carbons (Fsp3) is 0.591. The number of nitrogens with zero attached hydrogens (tertiary/aromatic N) is 2. The van der Waals surface area contributed by atoms with Crippen LogP contribution in [0.1, 0.15) is 62.5 Å². The van der Waals surface area contributed by atoms with Gasteiger partial charge in [-0.2, -0.15) is 0 Å². The van der Waals surface area contributed by atoms with Crippen LogP contribution >= 0.6 is 11.3 Å². The molecule has 1 saturated heterocycles. The number of hydrogen-bond donors (Lipinski definition) is 0. The van der Waals surface area contributed by atoms with Gasteiger partial charge in [-0.3, -0.25) is 4.79 Å². The summed E-state index contributed by atoms with van der Waals surface area (Å²) in [6.45, 7) is 12.2. The molecule has 0 saturated carbocycles. The Labute approximate surface area is 182 Å². The lowest BCUT2D eigenvalue weighted by molar-refractivity contribution is -0.107. The number of esters is 1. The van der Waals surface area contributed by atoms with Gasteiger partial charge in [-0.1, -0.05) is 11.8 Å². The third kappa shape index (κ3) is 6.23. The lowest BCUT2D eigenvalue weighted by atomic mass is 9.98. The maximum atomic E-state index is 12.4. The molecule has 1 fully saturated rings. The van der Waals surface area contributed by atoms with E-state index in [1.165, 1.54) is 23.3 Å². The second-order valence-electron chi connectivity index (χ2n) is 9.20. The first kappa shape index (κ1) is 23.7. The molecule has 2 amide bonds. The lowest BCUT2D eigenvalue weighted by Gasteiger charge is -2.26. The number of ether oxygens (including phenoxy) is 2. The van der Waals surface area contributed by atoms with Crippen LogP contribution in [0.25, 0.3) is 0 Å². The van der Waals surface area contributed by atoms with Crippen molar-refractivity contribution in [1.29, 1.82) is 0 Å². The Morgan fingerprint density at radius 2 is 1.93 bits per heavy atom. The normalized spacial score (nSPS) is 16.5. The monoisotopic (exact) mass is 434 g/mol. The first-order valence-electron chi connectivity index (χ1n) is 9.81. The van der Waals surface area contributed by atoms with E-state index in [9.17, 15) is 14.4 Å². The van der Waals surface area contributed by atoms with Gasteiger partial charge >= 0.3 is 12.1 Å². The molecule has 0 bridgehead atoms. The number of thiophene rings is 1. The van der Waals surface area contributed by atoms with Gasteiger partial charge in [0.15, 0.2) is 0 Å². The van der Waals surface area contributed by atoms with Gasteiger partial charge in [0.05, 0.1) is 23.7 Å². The standard InChI is InChI=1S/C22H30N2O5S/c1-21(2,3)10-8-16-12-17(18(30-16)19(26)28-7)24(14-25)15-9-11-23(13-15)20(27)29-22(4,5)6/h12,14-15H,9,11,13H2,1-7H3. The average Bonchev–Trinajstić information content (AvgIpc) is 3.26. The van der Waals surface area contributed by atoms with Crippen LogP contribution in [-0.2, 0) is 14.3 Å². The number of likely N-dealkylation sites (tertiary alicyclic amines) is 1. The fourth-order valence-electron chi connectivity index (χ4n) is 2.92. The van der Waals surface area contributed by atoms with Crippen molar-refractivity contribution in [3.63, 3.8) is 0 Å². The third-order valence-corrected chi connectivity index (χ3v) is 5.26. The van der Waals surface area contributed by atoms with Gasteiger partial charge in [-0.05, 0) is 54.0 Å². The maximum Gasteiger partial charge on any atom is 0.410 e. The van der Waals surface area contributed by atoms with E-state index in [2.05, 4.69) is 11.8 Å². The molecule has 0 N–H and O–H groups in total. The summed E-state index contributed by atoms with van der Waals surface area (Å²) in [5.74, 6) is 5.70. The SMILES string of the molecule is COC(=O)c1sc(C#CC(C)(C)C)cc1N(C=O)C1CCN(C(=O)OC(C)(C)C)C1. The number of methoxy groups -OCH3 is 1. The maximum absolute atomic E-state index is 12.4. The Balaban J connectivity index is 2.30. The number of carbonyl (C=O) groups is 3. The Morgan fingerprint density at radius 1 is 1.27 bits per heavy atom. The molecular formula is C22H30N2O5S. The summed E-state index contributed by atoms with van der Waals surface area (Å²) in [5.41, 5.74) is -0.332. The molecule has 1 atom stereocenters. The number of hydrogen-bond acceptors (Lipinski definition) is 6. The zero-order valence-corrected chi connectivity index (χ0v) is 19.5. The first-order valence-corrected chi connectivity index (χ1v) is 10.6. The Morgan fingerprint density at radius 3 is 2.47 bits per heavy atom. The minimum Gasteiger partial charge on any atom is -0.465 e. The molecule has 8 heteroatoms. The van der Waals surface area contributed by atoms with Gasteiger partial charge in [0.1, 0.15) is 10.5 Å². The second-order valence-corrected chi connectivity index (χ2v) is 10.3. The van der Waals surface area contributed by atoms with Crippen molar-refractivity contribution >= 4 is 35.5 Å². The van der Waals surface area contributed by atoms with Crippen LogP contribution in [0.2, 0.25) is 0 Å². The van der Waals surface area contributed by atoms with Crippen molar-refractivity contribution in [3.8, 4) is 11.8 Å². The highest BCUT2D eigenvalue weighted by Gasteiger charge is 2.35. The van der Waals surface area contributed by atoms with E-state index >= 15 is 0 Å². The largest absolute Gasteiger partial charge is 0.465 e. The number of rotatable bonds is 4. The summed E-state index contributed by atoms with van der Waals surface area (Å²) >= 11 is 1.20. The van der Waals surface area contributed by atoms with E-state index in [0.29, 0.717) is 41.4 Å². The molecular weight excluding hydrogens is 404 g/mol. The molecule has 0 aromatic carbocycles. The zero-order valence-electron chi connectivity index (χ0n) is 18.7. The molecule has 1 aromatic heterocycles. The minimum atomic E-state index is -0.592. The Hall–Kier alpha value is -2.53. The Kier molecular flexibility index (Phi) is 7.19. The van der Waals surface area contributed by atoms with Gasteiger partial charge in [-0.25, -0.2) is 9.59 Å². The quantitative estimate of drug-likeness (QED) is 0.408. The van der Waals surface area contributed by atoms with E-state index in [0.717, 1.165) is 0 Å².